The van der Waals surface area contributed by atoms with Crippen LogP contribution >= 0.6 is 11.3 Å². The summed E-state index contributed by atoms with van der Waals surface area (Å²) in [6.45, 7) is 0. The number of thiophene rings is 1. The van der Waals surface area contributed by atoms with Crippen LogP contribution in [0.1, 0.15) is 0 Å². The topological polar surface area (TPSA) is 64.7 Å². The number of hydrogen-bond donors (Lipinski definition) is 0. The molecule has 46 heavy (non-hydrogen) atoms. The molecule has 3 aromatic heterocycles. The van der Waals surface area contributed by atoms with E-state index in [4.69, 9.17) is 24.4 Å². The van der Waals surface area contributed by atoms with Gasteiger partial charge in [-0.25, -0.2) is 19.9 Å². The molecule has 0 N–H and O–H groups in total. The summed E-state index contributed by atoms with van der Waals surface area (Å²) >= 11 is 1.73. The molecule has 0 bridgehead atoms. The highest BCUT2D eigenvalue weighted by Gasteiger charge is 2.23. The molecule has 9 aromatic rings. The summed E-state index contributed by atoms with van der Waals surface area (Å²) in [6, 6.07) is 49.3. The Balaban J connectivity index is 1.30. The third-order valence-corrected chi connectivity index (χ3v) is 9.30. The van der Waals surface area contributed by atoms with Crippen LogP contribution < -0.4 is 0 Å². The summed E-state index contributed by atoms with van der Waals surface area (Å²) in [7, 11) is 0. The second-order valence-corrected chi connectivity index (χ2v) is 12.2. The van der Waals surface area contributed by atoms with Crippen LogP contribution in [-0.2, 0) is 0 Å². The van der Waals surface area contributed by atoms with Crippen molar-refractivity contribution in [1.82, 2.24) is 19.9 Å². The molecule has 6 heteroatoms. The first-order valence-electron chi connectivity index (χ1n) is 15.1. The molecule has 216 valence electrons. The number of benzene rings is 6. The van der Waals surface area contributed by atoms with Gasteiger partial charge in [0.2, 0.25) is 5.89 Å². The molecule has 0 saturated heterocycles. The van der Waals surface area contributed by atoms with Crippen LogP contribution in [0.2, 0.25) is 0 Å². The SMILES string of the molecule is c1ccc(-c2ccc(-c3nc4c(-c5nc(-c6ccccc6)nc(-c6ccccc6)n5)c5c(cc4o3)sc3ccccc35)cc2)cc1. The number of aromatic nitrogens is 4. The van der Waals surface area contributed by atoms with Crippen LogP contribution in [0.25, 0.3) is 88.0 Å². The minimum absolute atomic E-state index is 0.554. The summed E-state index contributed by atoms with van der Waals surface area (Å²) < 4.78 is 8.80. The molecule has 0 radical (unpaired) electrons. The molecule has 0 spiro atoms. The van der Waals surface area contributed by atoms with E-state index in [9.17, 15) is 0 Å². The van der Waals surface area contributed by atoms with E-state index in [0.29, 0.717) is 28.9 Å². The smallest absolute Gasteiger partial charge is 0.227 e. The maximum Gasteiger partial charge on any atom is 0.227 e. The molecular weight excluding hydrogens is 585 g/mol. The van der Waals surface area contributed by atoms with Gasteiger partial charge in [0.25, 0.3) is 0 Å². The fourth-order valence-corrected chi connectivity index (χ4v) is 7.11. The predicted octanol–water partition coefficient (Wildman–Crippen LogP) is 10.7. The zero-order valence-electron chi connectivity index (χ0n) is 24.5. The van der Waals surface area contributed by atoms with Crippen molar-refractivity contribution in [3.8, 4) is 56.7 Å². The normalized spacial score (nSPS) is 11.5. The highest BCUT2D eigenvalue weighted by atomic mass is 32.1. The number of rotatable bonds is 5. The summed E-state index contributed by atoms with van der Waals surface area (Å²) in [5.74, 6) is 2.33. The van der Waals surface area contributed by atoms with Crippen LogP contribution in [0.15, 0.2) is 150 Å². The Hall–Kier alpha value is -5.98. The van der Waals surface area contributed by atoms with Crippen LogP contribution in [0.3, 0.4) is 0 Å². The molecule has 0 aliphatic carbocycles. The van der Waals surface area contributed by atoms with Crippen LogP contribution in [0.4, 0.5) is 0 Å². The Morgan fingerprint density at radius 2 is 0.957 bits per heavy atom. The largest absolute Gasteiger partial charge is 0.436 e. The van der Waals surface area contributed by atoms with Crippen molar-refractivity contribution in [2.24, 2.45) is 0 Å². The molecule has 0 aliphatic heterocycles. The average molecular weight is 609 g/mol. The fourth-order valence-electron chi connectivity index (χ4n) is 5.97. The van der Waals surface area contributed by atoms with Crippen molar-refractivity contribution in [3.05, 3.63) is 146 Å². The van der Waals surface area contributed by atoms with Crippen LogP contribution in [0.5, 0.6) is 0 Å². The summed E-state index contributed by atoms with van der Waals surface area (Å²) in [5, 5.41) is 2.20. The lowest BCUT2D eigenvalue weighted by Crippen LogP contribution is -2.01. The second kappa shape index (κ2) is 10.9. The molecule has 0 unspecified atom stereocenters. The quantitative estimate of drug-likeness (QED) is 0.194. The van der Waals surface area contributed by atoms with Gasteiger partial charge in [-0.1, -0.05) is 121 Å². The Morgan fingerprint density at radius 3 is 1.61 bits per heavy atom. The third-order valence-electron chi connectivity index (χ3n) is 8.19. The Bertz CT molecular complexity index is 2450. The van der Waals surface area contributed by atoms with Gasteiger partial charge in [-0.05, 0) is 29.3 Å². The summed E-state index contributed by atoms with van der Waals surface area (Å²) in [4.78, 5) is 20.3. The van der Waals surface area contributed by atoms with E-state index >= 15 is 0 Å². The predicted molar refractivity (Wildman–Crippen MR) is 187 cm³/mol. The lowest BCUT2D eigenvalue weighted by molar-refractivity contribution is 0.620. The van der Waals surface area contributed by atoms with Gasteiger partial charge >= 0.3 is 0 Å². The monoisotopic (exact) mass is 608 g/mol. The van der Waals surface area contributed by atoms with Gasteiger partial charge in [0.1, 0.15) is 5.52 Å². The van der Waals surface area contributed by atoms with Crippen LogP contribution in [0, 0.1) is 0 Å². The second-order valence-electron chi connectivity index (χ2n) is 11.1. The van der Waals surface area contributed by atoms with E-state index in [2.05, 4.69) is 78.9 Å². The van der Waals surface area contributed by atoms with E-state index in [1.807, 2.05) is 66.7 Å². The van der Waals surface area contributed by atoms with Gasteiger partial charge in [-0.15, -0.1) is 11.3 Å². The lowest BCUT2D eigenvalue weighted by Gasteiger charge is -2.10. The van der Waals surface area contributed by atoms with Crippen molar-refractivity contribution >= 4 is 42.6 Å². The zero-order chi connectivity index (χ0) is 30.5. The van der Waals surface area contributed by atoms with Crippen molar-refractivity contribution in [2.45, 2.75) is 0 Å². The highest BCUT2D eigenvalue weighted by molar-refractivity contribution is 7.26. The molecule has 0 amide bonds. The Kier molecular flexibility index (Phi) is 6.25. The fraction of sp³-hybridized carbons (Fsp3) is 0. The Labute approximate surface area is 268 Å². The molecular formula is C40H24N4OS. The minimum Gasteiger partial charge on any atom is -0.436 e. The van der Waals surface area contributed by atoms with Gasteiger partial charge in [0.15, 0.2) is 23.1 Å². The molecule has 9 rings (SSSR count). The average Bonchev–Trinajstić information content (AvgIpc) is 3.73. The van der Waals surface area contributed by atoms with E-state index in [0.717, 1.165) is 48.8 Å². The maximum absolute atomic E-state index is 6.52. The summed E-state index contributed by atoms with van der Waals surface area (Å²) in [5.41, 5.74) is 7.31. The summed E-state index contributed by atoms with van der Waals surface area (Å²) in [6.07, 6.45) is 0. The van der Waals surface area contributed by atoms with Crippen molar-refractivity contribution in [1.29, 1.82) is 0 Å². The van der Waals surface area contributed by atoms with E-state index in [1.165, 1.54) is 10.3 Å². The molecule has 0 aliphatic rings. The number of nitrogens with zero attached hydrogens (tertiary/aromatic N) is 4. The van der Waals surface area contributed by atoms with Gasteiger partial charge < -0.3 is 4.42 Å². The van der Waals surface area contributed by atoms with E-state index in [-0.39, 0.29) is 0 Å². The molecule has 0 atom stereocenters. The lowest BCUT2D eigenvalue weighted by atomic mass is 10.0. The third kappa shape index (κ3) is 4.55. The van der Waals surface area contributed by atoms with Crippen molar-refractivity contribution in [3.63, 3.8) is 0 Å². The molecule has 3 heterocycles. The first-order valence-corrected chi connectivity index (χ1v) is 15.9. The zero-order valence-corrected chi connectivity index (χ0v) is 25.3. The first kappa shape index (κ1) is 26.4. The molecule has 5 nitrogen and oxygen atoms in total. The van der Waals surface area contributed by atoms with E-state index < -0.39 is 0 Å². The number of hydrogen-bond acceptors (Lipinski definition) is 6. The van der Waals surface area contributed by atoms with Gasteiger partial charge in [0.05, 0.1) is 5.56 Å². The van der Waals surface area contributed by atoms with Gasteiger partial charge in [-0.3, -0.25) is 0 Å². The number of oxazole rings is 1. The van der Waals surface area contributed by atoms with Gasteiger partial charge in [0, 0.05) is 42.9 Å². The van der Waals surface area contributed by atoms with Crippen molar-refractivity contribution < 1.29 is 4.42 Å². The van der Waals surface area contributed by atoms with Gasteiger partial charge in [-0.2, -0.15) is 0 Å². The standard InChI is InChI=1S/C40H24N4OS/c1-4-12-25(13-5-1)26-20-22-29(23-21-26)40-41-36-31(45-40)24-33-34(30-18-10-11-19-32(30)46-33)35(36)39-43-37(27-14-6-2-7-15-27)42-38(44-39)28-16-8-3-9-17-28/h1-24H. The first-order chi connectivity index (χ1) is 22.8. The van der Waals surface area contributed by atoms with E-state index in [1.54, 1.807) is 11.3 Å². The molecule has 6 aromatic carbocycles. The Morgan fingerprint density at radius 1 is 0.435 bits per heavy atom. The highest BCUT2D eigenvalue weighted by Crippen LogP contribution is 2.44. The van der Waals surface area contributed by atoms with Crippen LogP contribution in [-0.4, -0.2) is 19.9 Å². The minimum atomic E-state index is 0.554. The molecule has 0 saturated carbocycles. The maximum atomic E-state index is 6.52. The molecule has 0 fully saturated rings. The van der Waals surface area contributed by atoms with Crippen molar-refractivity contribution in [2.75, 3.05) is 0 Å². The number of fused-ring (bicyclic) bond motifs is 4.